The normalized spacial score (nSPS) is 17.5. The van der Waals surface area contributed by atoms with Crippen LogP contribution in [0.15, 0.2) is 23.3 Å². The number of halogens is 4. The van der Waals surface area contributed by atoms with E-state index in [1.165, 1.54) is 0 Å². The minimum atomic E-state index is -5.27. The Kier molecular flexibility index (Phi) is 7.90. The second-order valence-electron chi connectivity index (χ2n) is 6.27. The molecule has 1 aromatic heterocycles. The van der Waals surface area contributed by atoms with Crippen LogP contribution in [0.2, 0.25) is 5.15 Å². The quantitative estimate of drug-likeness (QED) is 0.401. The van der Waals surface area contributed by atoms with Crippen LogP contribution in [0.3, 0.4) is 0 Å². The Bertz CT molecular complexity index is 763. The van der Waals surface area contributed by atoms with Gasteiger partial charge in [0, 0.05) is 38.4 Å². The Morgan fingerprint density at radius 3 is 2.57 bits per heavy atom. The molecule has 0 unspecified atom stereocenters. The van der Waals surface area contributed by atoms with E-state index in [9.17, 15) is 21.6 Å². The molecule has 1 aliphatic heterocycles. The fourth-order valence-electron chi connectivity index (χ4n) is 2.75. The monoisotopic (exact) mass is 441 g/mol. The Labute approximate surface area is 167 Å². The van der Waals surface area contributed by atoms with Crippen molar-refractivity contribution in [1.82, 2.24) is 19.9 Å². The first-order valence-electron chi connectivity index (χ1n) is 8.85. The second kappa shape index (κ2) is 9.75. The van der Waals surface area contributed by atoms with Crippen molar-refractivity contribution in [3.05, 3.63) is 29.0 Å². The van der Waals surface area contributed by atoms with Crippen LogP contribution in [-0.2, 0) is 16.4 Å². The molecule has 0 atom stereocenters. The number of hydrogen-bond acceptors (Lipinski definition) is 4. The third-order valence-corrected chi connectivity index (χ3v) is 6.08. The number of aliphatic imine (C=N–C) groups is 1. The predicted molar refractivity (Wildman–Crippen MR) is 102 cm³/mol. The number of pyridine rings is 1. The van der Waals surface area contributed by atoms with Crippen molar-refractivity contribution in [2.75, 3.05) is 26.2 Å². The molecule has 0 saturated carbocycles. The first kappa shape index (κ1) is 22.7. The zero-order valence-corrected chi connectivity index (χ0v) is 16.9. The molecule has 158 valence electrons. The average Bonchev–Trinajstić information content (AvgIpc) is 2.63. The maximum absolute atomic E-state index is 12.6. The number of piperidine rings is 1. The van der Waals surface area contributed by atoms with Gasteiger partial charge in [0.15, 0.2) is 5.96 Å². The number of rotatable bonds is 6. The van der Waals surface area contributed by atoms with Crippen LogP contribution in [0.1, 0.15) is 25.3 Å². The van der Waals surface area contributed by atoms with E-state index in [1.54, 1.807) is 12.3 Å². The summed E-state index contributed by atoms with van der Waals surface area (Å²) in [7, 11) is -5.27. The van der Waals surface area contributed by atoms with Gasteiger partial charge in [-0.25, -0.2) is 13.4 Å². The highest BCUT2D eigenvalue weighted by atomic mass is 35.5. The number of sulfonamides is 1. The summed E-state index contributed by atoms with van der Waals surface area (Å²) in [5, 5.41) is 6.66. The molecule has 1 fully saturated rings. The average molecular weight is 442 g/mol. The predicted octanol–water partition coefficient (Wildman–Crippen LogP) is 2.15. The van der Waals surface area contributed by atoms with Gasteiger partial charge in [-0.2, -0.15) is 17.5 Å². The summed E-state index contributed by atoms with van der Waals surface area (Å²) in [4.78, 5) is 8.46. The molecule has 0 bridgehead atoms. The molecule has 0 radical (unpaired) electrons. The minimum Gasteiger partial charge on any atom is -0.357 e. The molecule has 1 aliphatic rings. The first-order chi connectivity index (χ1) is 13.1. The van der Waals surface area contributed by atoms with Gasteiger partial charge in [0.25, 0.3) is 0 Å². The molecule has 7 nitrogen and oxygen atoms in total. The highest BCUT2D eigenvalue weighted by molar-refractivity contribution is 7.90. The van der Waals surface area contributed by atoms with Crippen LogP contribution < -0.4 is 10.6 Å². The topological polar surface area (TPSA) is 86.7 Å². The number of guanidine groups is 1. The van der Waals surface area contributed by atoms with Crippen molar-refractivity contribution >= 4 is 27.6 Å². The molecule has 12 heteroatoms. The van der Waals surface area contributed by atoms with Crippen LogP contribution in [0.4, 0.5) is 13.2 Å². The Hall–Kier alpha value is -1.59. The zero-order chi connectivity index (χ0) is 20.8. The van der Waals surface area contributed by atoms with Gasteiger partial charge >= 0.3 is 15.5 Å². The third-order valence-electron chi connectivity index (χ3n) is 4.23. The lowest BCUT2D eigenvalue weighted by Gasteiger charge is -2.32. The van der Waals surface area contributed by atoms with Gasteiger partial charge in [-0.15, -0.1) is 0 Å². The molecule has 1 aromatic rings. The van der Waals surface area contributed by atoms with Gasteiger partial charge in [0.2, 0.25) is 0 Å². The zero-order valence-electron chi connectivity index (χ0n) is 15.3. The van der Waals surface area contributed by atoms with E-state index in [0.29, 0.717) is 34.9 Å². The van der Waals surface area contributed by atoms with E-state index < -0.39 is 15.5 Å². The summed E-state index contributed by atoms with van der Waals surface area (Å²) in [6.45, 7) is 2.64. The van der Waals surface area contributed by atoms with E-state index in [4.69, 9.17) is 11.6 Å². The SMILES string of the molecule is CCNC(=NCCc1ccc(Cl)nc1)NC1CCN(S(=O)(=O)C(F)(F)F)CC1. The lowest BCUT2D eigenvalue weighted by atomic mass is 10.1. The molecular weight excluding hydrogens is 419 g/mol. The molecule has 28 heavy (non-hydrogen) atoms. The molecule has 1 saturated heterocycles. The Morgan fingerprint density at radius 1 is 1.36 bits per heavy atom. The van der Waals surface area contributed by atoms with Crippen LogP contribution >= 0.6 is 11.6 Å². The summed E-state index contributed by atoms with van der Waals surface area (Å²) >= 11 is 5.75. The lowest BCUT2D eigenvalue weighted by molar-refractivity contribution is -0.0494. The fourth-order valence-corrected chi connectivity index (χ4v) is 3.85. The van der Waals surface area contributed by atoms with Crippen molar-refractivity contribution in [1.29, 1.82) is 0 Å². The maximum atomic E-state index is 12.6. The van der Waals surface area contributed by atoms with Gasteiger partial charge in [0.05, 0.1) is 0 Å². The maximum Gasteiger partial charge on any atom is 0.511 e. The van der Waals surface area contributed by atoms with Crippen molar-refractivity contribution < 1.29 is 21.6 Å². The summed E-state index contributed by atoms with van der Waals surface area (Å²) in [5.74, 6) is 0.543. The molecule has 2 N–H and O–H groups in total. The number of alkyl halides is 3. The molecule has 2 heterocycles. The molecular formula is C16H23ClF3N5O2S. The smallest absolute Gasteiger partial charge is 0.357 e. The number of nitrogens with zero attached hydrogens (tertiary/aromatic N) is 3. The van der Waals surface area contributed by atoms with Crippen LogP contribution in [0, 0.1) is 0 Å². The van der Waals surface area contributed by atoms with Gasteiger partial charge in [-0.1, -0.05) is 17.7 Å². The van der Waals surface area contributed by atoms with Crippen LogP contribution in [0.25, 0.3) is 0 Å². The molecule has 0 spiro atoms. The van der Waals surface area contributed by atoms with Crippen molar-refractivity contribution in [3.63, 3.8) is 0 Å². The van der Waals surface area contributed by atoms with Crippen molar-refractivity contribution in [3.8, 4) is 0 Å². The Balaban J connectivity index is 1.88. The van der Waals surface area contributed by atoms with Gasteiger partial charge < -0.3 is 10.6 Å². The standard InChI is InChI=1S/C16H23ClF3N5O2S/c1-2-21-15(22-8-5-12-3-4-14(17)23-11-12)24-13-6-9-25(10-7-13)28(26,27)16(18,19)20/h3-4,11,13H,2,5-10H2,1H3,(H2,21,22,24). The van der Waals surface area contributed by atoms with Crippen LogP contribution in [-0.4, -0.2) is 61.4 Å². The summed E-state index contributed by atoms with van der Waals surface area (Å²) < 4.78 is 61.3. The number of nitrogens with one attached hydrogen (secondary N) is 2. The van der Waals surface area contributed by atoms with E-state index in [1.807, 2.05) is 13.0 Å². The number of aromatic nitrogens is 1. The molecule has 0 aromatic carbocycles. The molecule has 2 rings (SSSR count). The van der Waals surface area contributed by atoms with Gasteiger partial charge in [0.1, 0.15) is 5.15 Å². The van der Waals surface area contributed by atoms with E-state index >= 15 is 0 Å². The minimum absolute atomic E-state index is 0.158. The van der Waals surface area contributed by atoms with E-state index in [0.717, 1.165) is 5.56 Å². The largest absolute Gasteiger partial charge is 0.511 e. The third kappa shape index (κ3) is 6.21. The highest BCUT2D eigenvalue weighted by Gasteiger charge is 2.50. The second-order valence-corrected chi connectivity index (χ2v) is 8.58. The van der Waals surface area contributed by atoms with Crippen molar-refractivity contribution in [2.45, 2.75) is 37.7 Å². The van der Waals surface area contributed by atoms with Crippen LogP contribution in [0.5, 0.6) is 0 Å². The molecule has 0 aliphatic carbocycles. The first-order valence-corrected chi connectivity index (χ1v) is 10.7. The molecule has 0 amide bonds. The summed E-state index contributed by atoms with van der Waals surface area (Å²) in [5.41, 5.74) is -4.28. The highest BCUT2D eigenvalue weighted by Crippen LogP contribution is 2.28. The number of hydrogen-bond donors (Lipinski definition) is 2. The summed E-state index contributed by atoms with van der Waals surface area (Å²) in [6.07, 6.45) is 2.86. The van der Waals surface area contributed by atoms with Crippen molar-refractivity contribution in [2.24, 2.45) is 4.99 Å². The van der Waals surface area contributed by atoms with Gasteiger partial charge in [-0.05, 0) is 37.8 Å². The summed E-state index contributed by atoms with van der Waals surface area (Å²) in [6, 6.07) is 3.41. The van der Waals surface area contributed by atoms with E-state index in [-0.39, 0.29) is 32.0 Å². The lowest BCUT2D eigenvalue weighted by Crippen LogP contribution is -2.51. The fraction of sp³-hybridized carbons (Fsp3) is 0.625. The van der Waals surface area contributed by atoms with Gasteiger partial charge in [-0.3, -0.25) is 4.99 Å². The van der Waals surface area contributed by atoms with E-state index in [2.05, 4.69) is 20.6 Å². The Morgan fingerprint density at radius 2 is 2.04 bits per heavy atom.